The predicted octanol–water partition coefficient (Wildman–Crippen LogP) is 5.23. The minimum atomic E-state index is -0.231. The molecule has 5 nitrogen and oxygen atoms in total. The Morgan fingerprint density at radius 1 is 1.10 bits per heavy atom. The van der Waals surface area contributed by atoms with E-state index in [2.05, 4.69) is 10.2 Å². The normalized spacial score (nSPS) is 19.0. The molecule has 1 atom stereocenters. The number of methoxy groups -OCH3 is 1. The van der Waals surface area contributed by atoms with Gasteiger partial charge >= 0.3 is 0 Å². The molecule has 29 heavy (non-hydrogen) atoms. The summed E-state index contributed by atoms with van der Waals surface area (Å²) in [6, 6.07) is 15.6. The van der Waals surface area contributed by atoms with Crippen molar-refractivity contribution in [3.63, 3.8) is 0 Å². The van der Waals surface area contributed by atoms with Crippen molar-refractivity contribution in [2.45, 2.75) is 37.8 Å². The average molecular weight is 408 g/mol. The molecule has 1 aliphatic carbocycles. The molecule has 148 valence electrons. The minimum Gasteiger partial charge on any atom is -0.497 e. The van der Waals surface area contributed by atoms with Gasteiger partial charge in [-0.05, 0) is 48.7 Å². The van der Waals surface area contributed by atoms with Crippen molar-refractivity contribution >= 4 is 17.5 Å². The van der Waals surface area contributed by atoms with Crippen LogP contribution in [0.25, 0.3) is 11.3 Å². The highest BCUT2D eigenvalue weighted by molar-refractivity contribution is 6.31. The standard InChI is InChI=1S/C23H22ClN3O2/c1-29-16-12-10-14(11-13-16)20-19-21(26-25-20)23(28)27(15-6-2-3-7-15)22(19)17-8-4-5-9-18(17)24/h4-5,8-13,15,22H,2-3,6-7H2,1H3,(H,25,26). The Kier molecular flexibility index (Phi) is 4.55. The number of benzene rings is 2. The predicted molar refractivity (Wildman–Crippen MR) is 112 cm³/mol. The molecular weight excluding hydrogens is 386 g/mol. The molecule has 1 aromatic heterocycles. The highest BCUT2D eigenvalue weighted by Gasteiger charge is 2.46. The zero-order valence-corrected chi connectivity index (χ0v) is 16.9. The molecule has 6 heteroatoms. The average Bonchev–Trinajstić information content (AvgIpc) is 3.47. The van der Waals surface area contributed by atoms with Crippen LogP contribution >= 0.6 is 11.6 Å². The summed E-state index contributed by atoms with van der Waals surface area (Å²) in [7, 11) is 1.65. The van der Waals surface area contributed by atoms with Crippen LogP contribution in [-0.2, 0) is 0 Å². The van der Waals surface area contributed by atoms with E-state index in [9.17, 15) is 4.79 Å². The van der Waals surface area contributed by atoms with Crippen LogP contribution in [0, 0.1) is 0 Å². The van der Waals surface area contributed by atoms with Gasteiger partial charge in [-0.25, -0.2) is 0 Å². The van der Waals surface area contributed by atoms with Gasteiger partial charge in [0.2, 0.25) is 0 Å². The summed E-state index contributed by atoms with van der Waals surface area (Å²) in [5, 5.41) is 8.21. The molecule has 1 N–H and O–H groups in total. The number of amides is 1. The Morgan fingerprint density at radius 2 is 1.83 bits per heavy atom. The van der Waals surface area contributed by atoms with Crippen molar-refractivity contribution in [2.75, 3.05) is 7.11 Å². The first kappa shape index (κ1) is 18.3. The van der Waals surface area contributed by atoms with Crippen molar-refractivity contribution in [3.05, 3.63) is 70.4 Å². The van der Waals surface area contributed by atoms with E-state index in [-0.39, 0.29) is 18.0 Å². The van der Waals surface area contributed by atoms with Crippen molar-refractivity contribution < 1.29 is 9.53 Å². The fourth-order valence-electron chi connectivity index (χ4n) is 4.70. The Labute approximate surface area is 174 Å². The fourth-order valence-corrected chi connectivity index (χ4v) is 4.93. The summed E-state index contributed by atoms with van der Waals surface area (Å²) in [6.45, 7) is 0. The topological polar surface area (TPSA) is 58.2 Å². The van der Waals surface area contributed by atoms with Gasteiger partial charge in [0.05, 0.1) is 18.8 Å². The number of H-pyrrole nitrogens is 1. The van der Waals surface area contributed by atoms with Crippen LogP contribution in [0.1, 0.15) is 53.3 Å². The largest absolute Gasteiger partial charge is 0.497 e. The number of nitrogens with zero attached hydrogens (tertiary/aromatic N) is 2. The van der Waals surface area contributed by atoms with Gasteiger partial charge in [-0.15, -0.1) is 0 Å². The SMILES string of the molecule is COc1ccc(-c2n[nH]c3c2C(c2ccccc2Cl)N(C2CCCC2)C3=O)cc1. The number of aromatic nitrogens is 2. The molecule has 2 aromatic carbocycles. The van der Waals surface area contributed by atoms with Crippen molar-refractivity contribution in [1.29, 1.82) is 0 Å². The Hall–Kier alpha value is -2.79. The van der Waals surface area contributed by atoms with Crippen LogP contribution < -0.4 is 4.74 Å². The zero-order valence-electron chi connectivity index (χ0n) is 16.2. The molecule has 5 rings (SSSR count). The van der Waals surface area contributed by atoms with E-state index in [1.54, 1.807) is 7.11 Å². The third-order valence-electron chi connectivity index (χ3n) is 6.09. The number of aromatic amines is 1. The molecule has 0 radical (unpaired) electrons. The highest BCUT2D eigenvalue weighted by atomic mass is 35.5. The maximum atomic E-state index is 13.4. The summed E-state index contributed by atoms with van der Waals surface area (Å²) in [5.74, 6) is 0.802. The molecule has 1 amide bonds. The first-order valence-electron chi connectivity index (χ1n) is 9.99. The lowest BCUT2D eigenvalue weighted by molar-refractivity contribution is 0.0660. The van der Waals surface area contributed by atoms with Gasteiger partial charge in [0.15, 0.2) is 0 Å². The lowest BCUT2D eigenvalue weighted by atomic mass is 9.95. The highest BCUT2D eigenvalue weighted by Crippen LogP contribution is 2.47. The van der Waals surface area contributed by atoms with E-state index < -0.39 is 0 Å². The van der Waals surface area contributed by atoms with Gasteiger partial charge in [0, 0.05) is 22.2 Å². The van der Waals surface area contributed by atoms with Crippen LogP contribution in [0.5, 0.6) is 5.75 Å². The number of carbonyl (C=O) groups is 1. The quantitative estimate of drug-likeness (QED) is 0.644. The van der Waals surface area contributed by atoms with E-state index in [0.29, 0.717) is 10.7 Å². The van der Waals surface area contributed by atoms with E-state index in [0.717, 1.165) is 53.8 Å². The van der Waals surface area contributed by atoms with Crippen LogP contribution in [0.4, 0.5) is 0 Å². The molecule has 3 aromatic rings. The van der Waals surface area contributed by atoms with Crippen molar-refractivity contribution in [2.24, 2.45) is 0 Å². The van der Waals surface area contributed by atoms with Crippen LogP contribution in [0.15, 0.2) is 48.5 Å². The van der Waals surface area contributed by atoms with Crippen LogP contribution in [-0.4, -0.2) is 34.2 Å². The first-order chi connectivity index (χ1) is 14.2. The van der Waals surface area contributed by atoms with E-state index in [1.807, 2.05) is 53.4 Å². The van der Waals surface area contributed by atoms with Gasteiger partial charge in [-0.1, -0.05) is 42.6 Å². The summed E-state index contributed by atoms with van der Waals surface area (Å²) < 4.78 is 5.28. The summed E-state index contributed by atoms with van der Waals surface area (Å²) in [5.41, 5.74) is 4.18. The number of nitrogens with one attached hydrogen (secondary N) is 1. The minimum absolute atomic E-state index is 0.0177. The van der Waals surface area contributed by atoms with Crippen LogP contribution in [0.2, 0.25) is 5.02 Å². The number of hydrogen-bond acceptors (Lipinski definition) is 3. The molecule has 0 saturated heterocycles. The van der Waals surface area contributed by atoms with E-state index in [4.69, 9.17) is 16.3 Å². The molecule has 1 fully saturated rings. The maximum absolute atomic E-state index is 13.4. The second kappa shape index (κ2) is 7.23. The molecule has 2 heterocycles. The number of carbonyl (C=O) groups excluding carboxylic acids is 1. The summed E-state index contributed by atoms with van der Waals surface area (Å²) >= 11 is 6.61. The third-order valence-corrected chi connectivity index (χ3v) is 6.43. The molecule has 1 unspecified atom stereocenters. The second-order valence-electron chi connectivity index (χ2n) is 7.66. The summed E-state index contributed by atoms with van der Waals surface area (Å²) in [6.07, 6.45) is 4.37. The van der Waals surface area contributed by atoms with Gasteiger partial charge in [0.25, 0.3) is 5.91 Å². The lowest BCUT2D eigenvalue weighted by Gasteiger charge is -2.32. The first-order valence-corrected chi connectivity index (χ1v) is 10.4. The monoisotopic (exact) mass is 407 g/mol. The van der Waals surface area contributed by atoms with Gasteiger partial charge in [-0.3, -0.25) is 9.89 Å². The maximum Gasteiger partial charge on any atom is 0.273 e. The molecule has 1 saturated carbocycles. The fraction of sp³-hybridized carbons (Fsp3) is 0.304. The molecule has 2 aliphatic rings. The molecule has 0 bridgehead atoms. The van der Waals surface area contributed by atoms with Gasteiger partial charge < -0.3 is 9.64 Å². The smallest absolute Gasteiger partial charge is 0.273 e. The van der Waals surface area contributed by atoms with Gasteiger partial charge in [0.1, 0.15) is 11.4 Å². The Morgan fingerprint density at radius 3 is 2.52 bits per heavy atom. The molecule has 1 aliphatic heterocycles. The number of rotatable bonds is 4. The summed E-state index contributed by atoms with van der Waals surface area (Å²) in [4.78, 5) is 15.4. The molecular formula is C23H22ClN3O2. The number of halogens is 1. The van der Waals surface area contributed by atoms with E-state index >= 15 is 0 Å². The Bertz CT molecular complexity index is 1050. The lowest BCUT2D eigenvalue weighted by Crippen LogP contribution is -2.37. The van der Waals surface area contributed by atoms with Gasteiger partial charge in [-0.2, -0.15) is 5.10 Å². The second-order valence-corrected chi connectivity index (χ2v) is 8.07. The Balaban J connectivity index is 1.67. The number of hydrogen-bond donors (Lipinski definition) is 1. The van der Waals surface area contributed by atoms with E-state index in [1.165, 1.54) is 0 Å². The number of ether oxygens (including phenoxy) is 1. The zero-order chi connectivity index (χ0) is 20.0. The van der Waals surface area contributed by atoms with Crippen LogP contribution in [0.3, 0.4) is 0 Å². The van der Waals surface area contributed by atoms with Crippen molar-refractivity contribution in [1.82, 2.24) is 15.1 Å². The molecule has 0 spiro atoms. The van der Waals surface area contributed by atoms with Crippen molar-refractivity contribution in [3.8, 4) is 17.0 Å². The third kappa shape index (κ3) is 2.92. The number of fused-ring (bicyclic) bond motifs is 1.